The van der Waals surface area contributed by atoms with Crippen molar-refractivity contribution in [3.8, 4) is 0 Å². The molecule has 26 heavy (non-hydrogen) atoms. The third-order valence-electron chi connectivity index (χ3n) is 4.05. The number of halogens is 1. The van der Waals surface area contributed by atoms with E-state index in [1.165, 1.54) is 0 Å². The second kappa shape index (κ2) is 9.78. The molecule has 0 bridgehead atoms. The van der Waals surface area contributed by atoms with Gasteiger partial charge in [0.25, 0.3) is 0 Å². The van der Waals surface area contributed by atoms with E-state index in [2.05, 4.69) is 11.9 Å². The summed E-state index contributed by atoms with van der Waals surface area (Å²) in [7, 11) is 0. The maximum Gasteiger partial charge on any atom is 0.242 e. The molecule has 2 aromatic carbocycles. The zero-order valence-corrected chi connectivity index (χ0v) is 15.6. The van der Waals surface area contributed by atoms with Crippen molar-refractivity contribution in [2.24, 2.45) is 0 Å². The summed E-state index contributed by atoms with van der Waals surface area (Å²) in [4.78, 5) is 26.9. The molecular weight excluding hydrogens is 348 g/mol. The summed E-state index contributed by atoms with van der Waals surface area (Å²) in [5.74, 6) is -0.312. The fraction of sp³-hybridized carbons (Fsp3) is 0.238. The van der Waals surface area contributed by atoms with Crippen molar-refractivity contribution < 1.29 is 9.59 Å². The summed E-state index contributed by atoms with van der Waals surface area (Å²) in [6.07, 6.45) is 1.85. The van der Waals surface area contributed by atoms with Crippen molar-refractivity contribution in [2.45, 2.75) is 25.9 Å². The van der Waals surface area contributed by atoms with E-state index in [0.29, 0.717) is 18.1 Å². The van der Waals surface area contributed by atoms with E-state index in [0.717, 1.165) is 11.1 Å². The first-order valence-corrected chi connectivity index (χ1v) is 8.85. The molecule has 4 nitrogen and oxygen atoms in total. The number of amides is 2. The zero-order chi connectivity index (χ0) is 18.9. The zero-order valence-electron chi connectivity index (χ0n) is 14.8. The van der Waals surface area contributed by atoms with Gasteiger partial charge in [-0.15, -0.1) is 6.58 Å². The van der Waals surface area contributed by atoms with Crippen LogP contribution in [0.3, 0.4) is 0 Å². The number of nitrogens with zero attached hydrogens (tertiary/aromatic N) is 1. The summed E-state index contributed by atoms with van der Waals surface area (Å²) in [6.45, 7) is 6.03. The number of hydrogen-bond donors (Lipinski definition) is 1. The van der Waals surface area contributed by atoms with Gasteiger partial charge in [-0.25, -0.2) is 0 Å². The lowest BCUT2D eigenvalue weighted by Gasteiger charge is -2.29. The molecule has 136 valence electrons. The van der Waals surface area contributed by atoms with E-state index in [4.69, 9.17) is 11.6 Å². The second-order valence-corrected chi connectivity index (χ2v) is 6.46. The molecule has 0 heterocycles. The highest BCUT2D eigenvalue weighted by Gasteiger charge is 2.25. The average Bonchev–Trinajstić information content (AvgIpc) is 2.65. The van der Waals surface area contributed by atoms with Crippen LogP contribution in [0, 0.1) is 0 Å². The van der Waals surface area contributed by atoms with Crippen molar-refractivity contribution >= 4 is 23.4 Å². The van der Waals surface area contributed by atoms with E-state index >= 15 is 0 Å². The average molecular weight is 371 g/mol. The summed E-state index contributed by atoms with van der Waals surface area (Å²) >= 11 is 5.93. The number of benzene rings is 2. The monoisotopic (exact) mass is 370 g/mol. The van der Waals surface area contributed by atoms with Gasteiger partial charge in [0, 0.05) is 18.1 Å². The van der Waals surface area contributed by atoms with E-state index in [9.17, 15) is 9.59 Å². The van der Waals surface area contributed by atoms with Crippen LogP contribution in [-0.2, 0) is 22.6 Å². The Morgan fingerprint density at radius 3 is 2.38 bits per heavy atom. The normalized spacial score (nSPS) is 11.5. The van der Waals surface area contributed by atoms with Crippen molar-refractivity contribution in [2.75, 3.05) is 6.54 Å². The van der Waals surface area contributed by atoms with Crippen LogP contribution in [-0.4, -0.2) is 29.3 Å². The smallest absolute Gasteiger partial charge is 0.242 e. The van der Waals surface area contributed by atoms with Crippen molar-refractivity contribution in [3.63, 3.8) is 0 Å². The highest BCUT2D eigenvalue weighted by atomic mass is 35.5. The number of nitrogens with one attached hydrogen (secondary N) is 1. The van der Waals surface area contributed by atoms with Gasteiger partial charge in [0.2, 0.25) is 11.8 Å². The van der Waals surface area contributed by atoms with Crippen LogP contribution in [0.1, 0.15) is 18.1 Å². The highest BCUT2D eigenvalue weighted by Crippen LogP contribution is 2.15. The van der Waals surface area contributed by atoms with Crippen molar-refractivity contribution in [1.29, 1.82) is 0 Å². The summed E-state index contributed by atoms with van der Waals surface area (Å²) in [6, 6.07) is 16.2. The Bertz CT molecular complexity index is 744. The fourth-order valence-corrected chi connectivity index (χ4v) is 2.69. The van der Waals surface area contributed by atoms with Crippen LogP contribution in [0.2, 0.25) is 5.02 Å². The van der Waals surface area contributed by atoms with E-state index in [-0.39, 0.29) is 18.2 Å². The largest absolute Gasteiger partial charge is 0.351 e. The Kier molecular flexibility index (Phi) is 7.42. The molecule has 2 rings (SSSR count). The Morgan fingerprint density at radius 1 is 1.12 bits per heavy atom. The molecule has 2 aromatic rings. The number of rotatable bonds is 8. The van der Waals surface area contributed by atoms with Gasteiger partial charge in [0.15, 0.2) is 0 Å². The number of carbonyl (C=O) groups is 2. The third kappa shape index (κ3) is 5.74. The first-order valence-electron chi connectivity index (χ1n) is 8.47. The topological polar surface area (TPSA) is 49.4 Å². The minimum atomic E-state index is -0.596. The fourth-order valence-electron chi connectivity index (χ4n) is 2.56. The molecule has 1 atom stereocenters. The molecule has 0 fully saturated rings. The van der Waals surface area contributed by atoms with Gasteiger partial charge in [-0.3, -0.25) is 9.59 Å². The molecule has 1 N–H and O–H groups in total. The number of carbonyl (C=O) groups excluding carboxylic acids is 2. The van der Waals surface area contributed by atoms with Gasteiger partial charge in [-0.05, 0) is 30.2 Å². The molecule has 0 radical (unpaired) electrons. The SMILES string of the molecule is C=CCNC(=O)C(C)N(Cc1ccc(Cl)cc1)C(=O)Cc1ccccc1. The molecule has 2 amide bonds. The summed E-state index contributed by atoms with van der Waals surface area (Å²) < 4.78 is 0. The lowest BCUT2D eigenvalue weighted by Crippen LogP contribution is -2.48. The third-order valence-corrected chi connectivity index (χ3v) is 4.30. The Labute approximate surface area is 159 Å². The van der Waals surface area contributed by atoms with Gasteiger partial charge in [-0.2, -0.15) is 0 Å². The maximum absolute atomic E-state index is 12.9. The molecule has 0 aromatic heterocycles. The van der Waals surface area contributed by atoms with Crippen LogP contribution in [0.15, 0.2) is 67.3 Å². The summed E-state index contributed by atoms with van der Waals surface area (Å²) in [5, 5.41) is 3.39. The van der Waals surface area contributed by atoms with Crippen molar-refractivity contribution in [3.05, 3.63) is 83.4 Å². The lowest BCUT2D eigenvalue weighted by molar-refractivity contribution is -0.140. The Morgan fingerprint density at radius 2 is 1.77 bits per heavy atom. The van der Waals surface area contributed by atoms with Gasteiger partial charge in [-0.1, -0.05) is 60.1 Å². The predicted molar refractivity (Wildman–Crippen MR) is 105 cm³/mol. The molecule has 0 saturated carbocycles. The highest BCUT2D eigenvalue weighted by molar-refractivity contribution is 6.30. The number of hydrogen-bond acceptors (Lipinski definition) is 2. The lowest BCUT2D eigenvalue weighted by atomic mass is 10.1. The van der Waals surface area contributed by atoms with Gasteiger partial charge in [0.1, 0.15) is 6.04 Å². The van der Waals surface area contributed by atoms with E-state index < -0.39 is 6.04 Å². The molecule has 0 saturated heterocycles. The molecule has 0 aliphatic rings. The van der Waals surface area contributed by atoms with Crippen molar-refractivity contribution in [1.82, 2.24) is 10.2 Å². The predicted octanol–water partition coefficient (Wildman–Crippen LogP) is 3.60. The molecule has 0 aliphatic heterocycles. The van der Waals surface area contributed by atoms with Gasteiger partial charge < -0.3 is 10.2 Å². The molecule has 0 spiro atoms. The minimum absolute atomic E-state index is 0.104. The van der Waals surface area contributed by atoms with Crippen LogP contribution in [0.4, 0.5) is 0 Å². The molecule has 0 aliphatic carbocycles. The minimum Gasteiger partial charge on any atom is -0.351 e. The van der Waals surface area contributed by atoms with Crippen LogP contribution in [0.5, 0.6) is 0 Å². The first-order chi connectivity index (χ1) is 12.5. The Balaban J connectivity index is 2.18. The van der Waals surface area contributed by atoms with E-state index in [1.54, 1.807) is 30.0 Å². The van der Waals surface area contributed by atoms with Gasteiger partial charge >= 0.3 is 0 Å². The van der Waals surface area contributed by atoms with E-state index in [1.807, 2.05) is 42.5 Å². The van der Waals surface area contributed by atoms with Crippen LogP contribution >= 0.6 is 11.6 Å². The van der Waals surface area contributed by atoms with Gasteiger partial charge in [0.05, 0.1) is 6.42 Å². The standard InChI is InChI=1S/C21H23ClN2O2/c1-3-13-23-21(26)16(2)24(15-18-9-11-19(22)12-10-18)20(25)14-17-7-5-4-6-8-17/h3-12,16H,1,13-15H2,2H3,(H,23,26). The Hall–Kier alpha value is -2.59. The first kappa shape index (κ1) is 19.7. The molecule has 1 unspecified atom stereocenters. The second-order valence-electron chi connectivity index (χ2n) is 6.02. The van der Waals surface area contributed by atoms with Crippen LogP contribution in [0.25, 0.3) is 0 Å². The molecule has 5 heteroatoms. The molecular formula is C21H23ClN2O2. The van der Waals surface area contributed by atoms with Crippen LogP contribution < -0.4 is 5.32 Å². The summed E-state index contributed by atoms with van der Waals surface area (Å²) in [5.41, 5.74) is 1.83. The quantitative estimate of drug-likeness (QED) is 0.722. The maximum atomic E-state index is 12.9.